The molecule has 5 heteroatoms. The molecule has 1 heterocycles. The van der Waals surface area contributed by atoms with Crippen LogP contribution in [0.1, 0.15) is 24.8 Å². The highest BCUT2D eigenvalue weighted by Crippen LogP contribution is 2.17. The molecule has 1 saturated heterocycles. The van der Waals surface area contributed by atoms with Crippen molar-refractivity contribution in [2.45, 2.75) is 30.7 Å². The smallest absolute Gasteiger partial charge is 0.240 e. The summed E-state index contributed by atoms with van der Waals surface area (Å²) in [6, 6.07) is 20.7. The fourth-order valence-electron chi connectivity index (χ4n) is 2.90. The maximum absolute atomic E-state index is 11.9. The highest BCUT2D eigenvalue weighted by molar-refractivity contribution is 7.99. The molecular formula is C21H25N3OS. The van der Waals surface area contributed by atoms with E-state index in [1.54, 1.807) is 11.8 Å². The van der Waals surface area contributed by atoms with Crippen LogP contribution >= 0.6 is 11.8 Å². The van der Waals surface area contributed by atoms with E-state index >= 15 is 0 Å². The third-order valence-electron chi connectivity index (χ3n) is 4.36. The molecule has 0 unspecified atom stereocenters. The van der Waals surface area contributed by atoms with Gasteiger partial charge in [-0.15, -0.1) is 11.8 Å². The maximum Gasteiger partial charge on any atom is 0.240 e. The van der Waals surface area contributed by atoms with Crippen molar-refractivity contribution < 1.29 is 4.79 Å². The fraction of sp³-hybridized carbons (Fsp3) is 0.333. The summed E-state index contributed by atoms with van der Waals surface area (Å²) in [6.45, 7) is 2.97. The van der Waals surface area contributed by atoms with Gasteiger partial charge >= 0.3 is 0 Å². The van der Waals surface area contributed by atoms with E-state index in [9.17, 15) is 4.79 Å². The number of benzene rings is 2. The summed E-state index contributed by atoms with van der Waals surface area (Å²) in [5.41, 5.74) is 5.16. The van der Waals surface area contributed by atoms with Crippen molar-refractivity contribution in [3.05, 3.63) is 66.2 Å². The molecule has 0 aromatic heterocycles. The van der Waals surface area contributed by atoms with Crippen LogP contribution in [0.3, 0.4) is 0 Å². The molecular weight excluding hydrogens is 342 g/mol. The van der Waals surface area contributed by atoms with E-state index in [2.05, 4.69) is 51.8 Å². The van der Waals surface area contributed by atoms with E-state index in [0.29, 0.717) is 6.42 Å². The molecule has 4 nitrogen and oxygen atoms in total. The first-order valence-electron chi connectivity index (χ1n) is 9.08. The molecule has 0 spiro atoms. The second-order valence-corrected chi connectivity index (χ2v) is 7.55. The molecule has 0 radical (unpaired) electrons. The average Bonchev–Trinajstić information content (AvgIpc) is 2.69. The Bertz CT molecular complexity index is 709. The van der Waals surface area contributed by atoms with Gasteiger partial charge in [-0.1, -0.05) is 48.5 Å². The van der Waals surface area contributed by atoms with Gasteiger partial charge in [-0.25, -0.2) is 5.43 Å². The van der Waals surface area contributed by atoms with Crippen LogP contribution in [0.25, 0.3) is 0 Å². The molecule has 2 aromatic carbocycles. The van der Waals surface area contributed by atoms with Crippen molar-refractivity contribution >= 4 is 23.4 Å². The third kappa shape index (κ3) is 6.32. The minimum Gasteiger partial charge on any atom is -0.298 e. The Labute approximate surface area is 159 Å². The molecule has 0 aliphatic carbocycles. The average molecular weight is 368 g/mol. The third-order valence-corrected chi connectivity index (χ3v) is 5.38. The molecule has 1 amide bonds. The molecule has 1 aliphatic rings. The lowest BCUT2D eigenvalue weighted by Gasteiger charge is -2.27. The number of piperidine rings is 1. The summed E-state index contributed by atoms with van der Waals surface area (Å²) in [5.74, 6) is 0.763. The molecule has 1 fully saturated rings. The van der Waals surface area contributed by atoms with Gasteiger partial charge in [0.15, 0.2) is 0 Å². The van der Waals surface area contributed by atoms with Gasteiger partial charge in [-0.05, 0) is 17.7 Å². The van der Waals surface area contributed by atoms with Gasteiger partial charge in [0.05, 0.1) is 0 Å². The fourth-order valence-corrected chi connectivity index (χ4v) is 3.77. The van der Waals surface area contributed by atoms with Crippen molar-refractivity contribution in [2.24, 2.45) is 5.10 Å². The van der Waals surface area contributed by atoms with Crippen molar-refractivity contribution in [1.82, 2.24) is 10.3 Å². The number of likely N-dealkylation sites (tertiary alicyclic amines) is 1. The Morgan fingerprint density at radius 3 is 2.35 bits per heavy atom. The monoisotopic (exact) mass is 367 g/mol. The first kappa shape index (κ1) is 18.7. The Hall–Kier alpha value is -2.11. The lowest BCUT2D eigenvalue weighted by molar-refractivity contribution is -0.120. The zero-order valence-corrected chi connectivity index (χ0v) is 15.8. The van der Waals surface area contributed by atoms with Crippen LogP contribution in [0.4, 0.5) is 0 Å². The predicted octanol–water partition coefficient (Wildman–Crippen LogP) is 3.94. The standard InChI is InChI=1S/C21H25N3OS/c25-21(13-16-26-20-9-5-2-6-10-20)23-22-19-11-14-24(15-12-19)17-18-7-3-1-4-8-18/h1-10H,11-17H2,(H,23,25). The number of amides is 1. The summed E-state index contributed by atoms with van der Waals surface area (Å²) < 4.78 is 0. The molecule has 0 bridgehead atoms. The minimum atomic E-state index is -0.00681. The number of hydrogen-bond acceptors (Lipinski definition) is 4. The second-order valence-electron chi connectivity index (χ2n) is 6.39. The quantitative estimate of drug-likeness (QED) is 0.595. The highest BCUT2D eigenvalue weighted by Gasteiger charge is 2.15. The van der Waals surface area contributed by atoms with Crippen LogP contribution in [0.15, 0.2) is 70.7 Å². The lowest BCUT2D eigenvalue weighted by Crippen LogP contribution is -2.34. The van der Waals surface area contributed by atoms with Crippen LogP contribution in [0.2, 0.25) is 0 Å². The Morgan fingerprint density at radius 1 is 1.00 bits per heavy atom. The number of hydrazone groups is 1. The van der Waals surface area contributed by atoms with Crippen molar-refractivity contribution in [1.29, 1.82) is 0 Å². The van der Waals surface area contributed by atoms with Crippen molar-refractivity contribution in [2.75, 3.05) is 18.8 Å². The van der Waals surface area contributed by atoms with Crippen LogP contribution in [0, 0.1) is 0 Å². The zero-order chi connectivity index (χ0) is 18.0. The normalized spacial score (nSPS) is 14.8. The van der Waals surface area contributed by atoms with Crippen LogP contribution < -0.4 is 5.43 Å². The number of thioether (sulfide) groups is 1. The summed E-state index contributed by atoms with van der Waals surface area (Å²) in [5, 5.41) is 4.33. The second kappa shape index (κ2) is 10.1. The SMILES string of the molecule is O=C(CCSc1ccccc1)NN=C1CCN(Cc2ccccc2)CC1. The summed E-state index contributed by atoms with van der Waals surface area (Å²) in [6.07, 6.45) is 2.33. The zero-order valence-electron chi connectivity index (χ0n) is 14.9. The summed E-state index contributed by atoms with van der Waals surface area (Å²) in [7, 11) is 0. The van der Waals surface area contributed by atoms with E-state index in [0.717, 1.165) is 43.9 Å². The number of hydrogen-bond donors (Lipinski definition) is 1. The highest BCUT2D eigenvalue weighted by atomic mass is 32.2. The van der Waals surface area contributed by atoms with E-state index in [-0.39, 0.29) is 5.91 Å². The van der Waals surface area contributed by atoms with E-state index in [4.69, 9.17) is 0 Å². The molecule has 0 atom stereocenters. The summed E-state index contributed by atoms with van der Waals surface area (Å²) in [4.78, 5) is 15.6. The van der Waals surface area contributed by atoms with Crippen LogP contribution in [-0.2, 0) is 11.3 Å². The maximum atomic E-state index is 11.9. The van der Waals surface area contributed by atoms with Gasteiger partial charge in [0.25, 0.3) is 0 Å². The van der Waals surface area contributed by atoms with Crippen LogP contribution in [0.5, 0.6) is 0 Å². The Morgan fingerprint density at radius 2 is 1.65 bits per heavy atom. The predicted molar refractivity (Wildman–Crippen MR) is 108 cm³/mol. The van der Waals surface area contributed by atoms with E-state index in [1.165, 1.54) is 10.5 Å². The van der Waals surface area contributed by atoms with Gasteiger partial charge in [-0.3, -0.25) is 9.69 Å². The van der Waals surface area contributed by atoms with Gasteiger partial charge in [0.2, 0.25) is 5.91 Å². The van der Waals surface area contributed by atoms with E-state index < -0.39 is 0 Å². The van der Waals surface area contributed by atoms with Crippen molar-refractivity contribution in [3.63, 3.8) is 0 Å². The molecule has 136 valence electrons. The number of nitrogens with zero attached hydrogens (tertiary/aromatic N) is 2. The number of carbonyl (C=O) groups excluding carboxylic acids is 1. The molecule has 26 heavy (non-hydrogen) atoms. The lowest BCUT2D eigenvalue weighted by atomic mass is 10.1. The Balaban J connectivity index is 1.34. The minimum absolute atomic E-state index is 0.00681. The molecule has 0 saturated carbocycles. The number of carbonyl (C=O) groups is 1. The molecule has 3 rings (SSSR count). The number of nitrogens with one attached hydrogen (secondary N) is 1. The summed E-state index contributed by atoms with van der Waals surface area (Å²) >= 11 is 1.70. The van der Waals surface area contributed by atoms with Gasteiger partial charge in [0, 0.05) is 55.3 Å². The van der Waals surface area contributed by atoms with E-state index in [1.807, 2.05) is 24.3 Å². The Kier molecular flexibility index (Phi) is 7.28. The first-order valence-corrected chi connectivity index (χ1v) is 10.1. The number of rotatable bonds is 7. The van der Waals surface area contributed by atoms with Gasteiger partial charge in [-0.2, -0.15) is 5.10 Å². The first-order chi connectivity index (χ1) is 12.8. The molecule has 1 N–H and O–H groups in total. The molecule has 2 aromatic rings. The topological polar surface area (TPSA) is 44.7 Å². The van der Waals surface area contributed by atoms with Gasteiger partial charge < -0.3 is 0 Å². The van der Waals surface area contributed by atoms with Crippen molar-refractivity contribution in [3.8, 4) is 0 Å². The van der Waals surface area contributed by atoms with Crippen LogP contribution in [-0.4, -0.2) is 35.4 Å². The molecule has 1 aliphatic heterocycles. The largest absolute Gasteiger partial charge is 0.298 e. The van der Waals surface area contributed by atoms with Gasteiger partial charge in [0.1, 0.15) is 0 Å².